The Morgan fingerprint density at radius 1 is 1.32 bits per heavy atom. The summed E-state index contributed by atoms with van der Waals surface area (Å²) in [4.78, 5) is 2.48. The van der Waals surface area contributed by atoms with Crippen molar-refractivity contribution in [2.75, 3.05) is 31.9 Å². The van der Waals surface area contributed by atoms with Gasteiger partial charge >= 0.3 is 0 Å². The van der Waals surface area contributed by atoms with Crippen LogP contribution in [0.2, 0.25) is 0 Å². The number of rotatable bonds is 6. The lowest BCUT2D eigenvalue weighted by molar-refractivity contribution is 0.264. The van der Waals surface area contributed by atoms with Crippen LogP contribution >= 0.6 is 0 Å². The maximum absolute atomic E-state index is 11.9. The Labute approximate surface area is 118 Å². The molecule has 1 unspecified atom stereocenters. The van der Waals surface area contributed by atoms with Gasteiger partial charge in [-0.05, 0) is 60.0 Å². The first-order valence-electron chi connectivity index (χ1n) is 7.30. The molecule has 5 heteroatoms. The Morgan fingerprint density at radius 2 is 1.95 bits per heavy atom. The number of hydrogen-bond donors (Lipinski definition) is 1. The second-order valence-electron chi connectivity index (χ2n) is 6.88. The van der Waals surface area contributed by atoms with E-state index in [-0.39, 0.29) is 5.75 Å². The van der Waals surface area contributed by atoms with E-state index in [2.05, 4.69) is 24.1 Å². The van der Waals surface area contributed by atoms with E-state index in [4.69, 9.17) is 0 Å². The fraction of sp³-hybridized carbons (Fsp3) is 1.00. The third-order valence-corrected chi connectivity index (χ3v) is 6.57. The van der Waals surface area contributed by atoms with E-state index >= 15 is 0 Å². The molecule has 1 N–H and O–H groups in total. The molecule has 4 nitrogen and oxygen atoms in total. The molecular weight excluding hydrogens is 260 g/mol. The molecule has 0 saturated carbocycles. The van der Waals surface area contributed by atoms with Gasteiger partial charge in [0.25, 0.3) is 0 Å². The fourth-order valence-electron chi connectivity index (χ4n) is 2.32. The van der Waals surface area contributed by atoms with Gasteiger partial charge in [-0.15, -0.1) is 0 Å². The molecule has 0 radical (unpaired) electrons. The highest BCUT2D eigenvalue weighted by Crippen LogP contribution is 2.18. The van der Waals surface area contributed by atoms with Crippen LogP contribution in [0.3, 0.4) is 0 Å². The lowest BCUT2D eigenvalue weighted by Gasteiger charge is -2.21. The molecule has 0 aromatic heterocycles. The molecule has 0 aromatic carbocycles. The predicted molar refractivity (Wildman–Crippen MR) is 81.2 cm³/mol. The quantitative estimate of drug-likeness (QED) is 0.754. The van der Waals surface area contributed by atoms with E-state index < -0.39 is 14.6 Å². The molecule has 114 valence electrons. The second-order valence-corrected chi connectivity index (χ2v) is 9.74. The van der Waals surface area contributed by atoms with Crippen LogP contribution in [0.5, 0.6) is 0 Å². The normalized spacial score (nSPS) is 22.3. The largest absolute Gasteiger partial charge is 0.315 e. The van der Waals surface area contributed by atoms with E-state index in [1.54, 1.807) is 20.8 Å². The van der Waals surface area contributed by atoms with Gasteiger partial charge in [0.15, 0.2) is 9.84 Å². The zero-order chi connectivity index (χ0) is 14.7. The van der Waals surface area contributed by atoms with Gasteiger partial charge < -0.3 is 10.2 Å². The van der Waals surface area contributed by atoms with Crippen LogP contribution < -0.4 is 5.32 Å². The number of nitrogens with one attached hydrogen (secondary N) is 1. The highest BCUT2D eigenvalue weighted by atomic mass is 32.2. The minimum Gasteiger partial charge on any atom is -0.315 e. The van der Waals surface area contributed by atoms with Crippen molar-refractivity contribution in [3.8, 4) is 0 Å². The van der Waals surface area contributed by atoms with Crippen molar-refractivity contribution in [3.63, 3.8) is 0 Å². The van der Waals surface area contributed by atoms with E-state index in [1.165, 1.54) is 13.0 Å². The van der Waals surface area contributed by atoms with Crippen LogP contribution in [0.25, 0.3) is 0 Å². The number of likely N-dealkylation sites (tertiary alicyclic amines) is 1. The Hall–Kier alpha value is -0.130. The molecule has 1 aliphatic heterocycles. The van der Waals surface area contributed by atoms with Gasteiger partial charge in [-0.2, -0.15) is 0 Å². The summed E-state index contributed by atoms with van der Waals surface area (Å²) in [6, 6.07) is 0.617. The molecule has 0 spiro atoms. The zero-order valence-electron chi connectivity index (χ0n) is 13.1. The van der Waals surface area contributed by atoms with Crippen molar-refractivity contribution >= 4 is 9.84 Å². The molecule has 1 fully saturated rings. The van der Waals surface area contributed by atoms with Crippen LogP contribution in [0, 0.1) is 5.92 Å². The van der Waals surface area contributed by atoms with Crippen LogP contribution in [0.4, 0.5) is 0 Å². The molecule has 1 heterocycles. The Bertz CT molecular complexity index is 371. The fourth-order valence-corrected chi connectivity index (χ4v) is 3.34. The van der Waals surface area contributed by atoms with Crippen LogP contribution in [-0.4, -0.2) is 56.0 Å². The summed E-state index contributed by atoms with van der Waals surface area (Å²) in [6.45, 7) is 13.6. The van der Waals surface area contributed by atoms with Crippen LogP contribution in [-0.2, 0) is 9.84 Å². The smallest absolute Gasteiger partial charge is 0.156 e. The summed E-state index contributed by atoms with van der Waals surface area (Å²) in [7, 11) is -2.99. The SMILES string of the molecule is CC(C)N1CCC(CNCCS(=O)(=O)C(C)(C)C)C1. The molecule has 19 heavy (non-hydrogen) atoms. The van der Waals surface area contributed by atoms with Gasteiger partial charge in [0.2, 0.25) is 0 Å². The van der Waals surface area contributed by atoms with Gasteiger partial charge in [0.05, 0.1) is 10.5 Å². The van der Waals surface area contributed by atoms with Gasteiger partial charge in [-0.1, -0.05) is 0 Å². The minimum atomic E-state index is -2.99. The lowest BCUT2D eigenvalue weighted by Crippen LogP contribution is -2.36. The summed E-state index contributed by atoms with van der Waals surface area (Å²) in [6.07, 6.45) is 1.22. The van der Waals surface area contributed by atoms with Crippen molar-refractivity contribution in [1.82, 2.24) is 10.2 Å². The summed E-state index contributed by atoms with van der Waals surface area (Å²) in [5, 5.41) is 3.31. The zero-order valence-corrected chi connectivity index (χ0v) is 13.9. The number of sulfone groups is 1. The molecule has 0 aliphatic carbocycles. The molecule has 1 atom stereocenters. The first-order chi connectivity index (χ1) is 8.63. The van der Waals surface area contributed by atoms with E-state index in [0.29, 0.717) is 18.5 Å². The molecule has 0 amide bonds. The maximum Gasteiger partial charge on any atom is 0.156 e. The second kappa shape index (κ2) is 6.55. The highest BCUT2D eigenvalue weighted by molar-refractivity contribution is 7.92. The van der Waals surface area contributed by atoms with Crippen molar-refractivity contribution < 1.29 is 8.42 Å². The number of hydrogen-bond acceptors (Lipinski definition) is 4. The van der Waals surface area contributed by atoms with Crippen molar-refractivity contribution in [2.24, 2.45) is 5.92 Å². The van der Waals surface area contributed by atoms with E-state index in [1.807, 2.05) is 0 Å². The summed E-state index contributed by atoms with van der Waals surface area (Å²) >= 11 is 0. The molecule has 1 saturated heterocycles. The van der Waals surface area contributed by atoms with Gasteiger partial charge in [0, 0.05) is 19.1 Å². The molecule has 1 rings (SSSR count). The molecular formula is C14H30N2O2S. The van der Waals surface area contributed by atoms with E-state index in [0.717, 1.165) is 13.1 Å². The summed E-state index contributed by atoms with van der Waals surface area (Å²) in [5.74, 6) is 0.900. The van der Waals surface area contributed by atoms with E-state index in [9.17, 15) is 8.42 Å². The lowest BCUT2D eigenvalue weighted by atomic mass is 10.1. The maximum atomic E-state index is 11.9. The van der Waals surface area contributed by atoms with Gasteiger partial charge in [-0.25, -0.2) is 8.42 Å². The van der Waals surface area contributed by atoms with Crippen LogP contribution in [0.1, 0.15) is 41.0 Å². The average molecular weight is 290 g/mol. The summed E-state index contributed by atoms with van der Waals surface area (Å²) in [5.41, 5.74) is 0. The standard InChI is InChI=1S/C14H30N2O2S/c1-12(2)16-8-6-13(11-16)10-15-7-9-19(17,18)14(3,4)5/h12-13,15H,6-11H2,1-5H3. The minimum absolute atomic E-state index is 0.233. The average Bonchev–Trinajstić information content (AvgIpc) is 2.71. The highest BCUT2D eigenvalue weighted by Gasteiger charge is 2.28. The van der Waals surface area contributed by atoms with Gasteiger partial charge in [0.1, 0.15) is 0 Å². The van der Waals surface area contributed by atoms with Crippen molar-refractivity contribution in [3.05, 3.63) is 0 Å². The van der Waals surface area contributed by atoms with Crippen molar-refractivity contribution in [1.29, 1.82) is 0 Å². The third-order valence-electron chi connectivity index (χ3n) is 3.96. The number of nitrogens with zero attached hydrogens (tertiary/aromatic N) is 1. The first kappa shape index (κ1) is 16.9. The first-order valence-corrected chi connectivity index (χ1v) is 8.96. The van der Waals surface area contributed by atoms with Crippen LogP contribution in [0.15, 0.2) is 0 Å². The van der Waals surface area contributed by atoms with Crippen molar-refractivity contribution in [2.45, 2.75) is 51.8 Å². The Morgan fingerprint density at radius 3 is 2.42 bits per heavy atom. The molecule has 0 aromatic rings. The predicted octanol–water partition coefficient (Wildman–Crippen LogP) is 1.52. The summed E-state index contributed by atoms with van der Waals surface area (Å²) < 4.78 is 23.2. The third kappa shape index (κ3) is 5.04. The monoisotopic (exact) mass is 290 g/mol. The Balaban J connectivity index is 2.23. The molecule has 0 bridgehead atoms. The molecule has 1 aliphatic rings. The Kier molecular flexibility index (Phi) is 5.83. The topological polar surface area (TPSA) is 49.4 Å². The van der Waals surface area contributed by atoms with Gasteiger partial charge in [-0.3, -0.25) is 0 Å².